The monoisotopic (exact) mass is 393 g/mol. The Morgan fingerprint density at radius 1 is 0.963 bits per heavy atom. The zero-order chi connectivity index (χ0) is 20.2. The number of methoxy groups -OCH3 is 2. The van der Waals surface area contributed by atoms with Crippen LogP contribution in [-0.2, 0) is 10.2 Å². The van der Waals surface area contributed by atoms with Crippen LogP contribution >= 0.6 is 0 Å². The van der Waals surface area contributed by atoms with Crippen molar-refractivity contribution in [2.24, 2.45) is 0 Å². The van der Waals surface area contributed by atoms with Gasteiger partial charge in [0.15, 0.2) is 0 Å². The lowest BCUT2D eigenvalue weighted by Gasteiger charge is -2.23. The summed E-state index contributed by atoms with van der Waals surface area (Å²) in [5.41, 5.74) is 1.29. The molecule has 2 aromatic carbocycles. The molecule has 0 saturated carbocycles. The van der Waals surface area contributed by atoms with Gasteiger partial charge in [-0.1, -0.05) is 0 Å². The van der Waals surface area contributed by atoms with E-state index in [1.165, 1.54) is 35.4 Å². The number of nitrogens with zero attached hydrogens (tertiary/aromatic N) is 2. The van der Waals surface area contributed by atoms with Crippen molar-refractivity contribution in [3.8, 4) is 11.5 Å². The second kappa shape index (κ2) is 8.28. The van der Waals surface area contributed by atoms with Crippen molar-refractivity contribution in [3.63, 3.8) is 0 Å². The normalized spacial score (nSPS) is 11.2. The third kappa shape index (κ3) is 4.50. The van der Waals surface area contributed by atoms with Crippen LogP contribution in [0.15, 0.2) is 42.5 Å². The molecule has 1 amide bonds. The Labute approximate surface area is 159 Å². The van der Waals surface area contributed by atoms with Crippen molar-refractivity contribution in [1.29, 1.82) is 0 Å². The highest BCUT2D eigenvalue weighted by molar-refractivity contribution is 7.90. The van der Waals surface area contributed by atoms with Gasteiger partial charge in [-0.25, -0.2) is 0 Å². The van der Waals surface area contributed by atoms with Gasteiger partial charge in [0.1, 0.15) is 11.5 Å². The van der Waals surface area contributed by atoms with Gasteiger partial charge in [-0.05, 0) is 36.4 Å². The number of nitrogens with one attached hydrogen (secondary N) is 1. The largest absolute Gasteiger partial charge is 0.497 e. The van der Waals surface area contributed by atoms with Crippen molar-refractivity contribution in [2.45, 2.75) is 0 Å². The Hall–Kier alpha value is -2.78. The molecule has 0 spiro atoms. The molecule has 0 aromatic heterocycles. The van der Waals surface area contributed by atoms with E-state index in [0.29, 0.717) is 28.4 Å². The number of amides is 1. The molecule has 9 heteroatoms. The SMILES string of the molecule is COc1ccc(OC)c(NC(=O)c2ccc(N(C)S(=O)(=O)N(C)C)cc2)c1. The van der Waals surface area contributed by atoms with Gasteiger partial charge < -0.3 is 14.8 Å². The van der Waals surface area contributed by atoms with E-state index in [1.807, 2.05) is 0 Å². The summed E-state index contributed by atoms with van der Waals surface area (Å²) in [6.45, 7) is 0. The molecule has 0 heterocycles. The lowest BCUT2D eigenvalue weighted by molar-refractivity contribution is 0.102. The molecule has 0 saturated heterocycles. The van der Waals surface area contributed by atoms with Gasteiger partial charge in [0.2, 0.25) is 0 Å². The summed E-state index contributed by atoms with van der Waals surface area (Å²) >= 11 is 0. The molecule has 0 radical (unpaired) electrons. The van der Waals surface area contributed by atoms with Crippen molar-refractivity contribution in [1.82, 2.24) is 4.31 Å². The molecule has 2 rings (SSSR count). The molecule has 8 nitrogen and oxygen atoms in total. The predicted octanol–water partition coefficient (Wildman–Crippen LogP) is 2.20. The molecule has 0 aliphatic carbocycles. The van der Waals surface area contributed by atoms with Crippen LogP contribution in [0.3, 0.4) is 0 Å². The number of carbonyl (C=O) groups is 1. The molecule has 0 bridgehead atoms. The molecule has 0 fully saturated rings. The Morgan fingerprint density at radius 2 is 1.59 bits per heavy atom. The zero-order valence-corrected chi connectivity index (χ0v) is 16.7. The van der Waals surface area contributed by atoms with Crippen molar-refractivity contribution in [3.05, 3.63) is 48.0 Å². The Morgan fingerprint density at radius 3 is 2.11 bits per heavy atom. The maximum Gasteiger partial charge on any atom is 0.303 e. The van der Waals surface area contributed by atoms with Crippen LogP contribution in [0.2, 0.25) is 0 Å². The summed E-state index contributed by atoms with van der Waals surface area (Å²) in [4.78, 5) is 12.5. The van der Waals surface area contributed by atoms with E-state index in [4.69, 9.17) is 9.47 Å². The molecule has 0 unspecified atom stereocenters. The third-order valence-electron chi connectivity index (χ3n) is 3.96. The van der Waals surface area contributed by atoms with Gasteiger partial charge in [0, 0.05) is 32.8 Å². The van der Waals surface area contributed by atoms with Gasteiger partial charge in [-0.3, -0.25) is 9.10 Å². The van der Waals surface area contributed by atoms with E-state index < -0.39 is 10.2 Å². The number of ether oxygens (including phenoxy) is 2. The maximum absolute atomic E-state index is 12.5. The van der Waals surface area contributed by atoms with Crippen molar-refractivity contribution in [2.75, 3.05) is 45.0 Å². The van der Waals surface area contributed by atoms with Gasteiger partial charge >= 0.3 is 10.2 Å². The molecule has 27 heavy (non-hydrogen) atoms. The molecule has 146 valence electrons. The molecule has 2 aromatic rings. The number of hydrogen-bond donors (Lipinski definition) is 1. The summed E-state index contributed by atoms with van der Waals surface area (Å²) in [5, 5.41) is 2.77. The van der Waals surface area contributed by atoms with E-state index in [0.717, 1.165) is 8.61 Å². The first-order valence-corrected chi connectivity index (χ1v) is 9.40. The van der Waals surface area contributed by atoms with Crippen LogP contribution < -0.4 is 19.1 Å². The third-order valence-corrected chi connectivity index (χ3v) is 5.78. The molecule has 0 aliphatic heterocycles. The van der Waals surface area contributed by atoms with Crippen LogP contribution in [0.5, 0.6) is 11.5 Å². The quantitative estimate of drug-likeness (QED) is 0.779. The van der Waals surface area contributed by atoms with Crippen LogP contribution in [0.1, 0.15) is 10.4 Å². The smallest absolute Gasteiger partial charge is 0.303 e. The van der Waals surface area contributed by atoms with E-state index in [1.54, 1.807) is 42.5 Å². The lowest BCUT2D eigenvalue weighted by atomic mass is 10.2. The Balaban J connectivity index is 2.22. The average Bonchev–Trinajstić information content (AvgIpc) is 2.67. The van der Waals surface area contributed by atoms with E-state index in [-0.39, 0.29) is 5.91 Å². The fourth-order valence-corrected chi connectivity index (χ4v) is 3.19. The van der Waals surface area contributed by atoms with E-state index in [9.17, 15) is 13.2 Å². The first kappa shape index (κ1) is 20.5. The van der Waals surface area contributed by atoms with E-state index in [2.05, 4.69) is 5.32 Å². The summed E-state index contributed by atoms with van der Waals surface area (Å²) in [7, 11) is 3.80. The Kier molecular flexibility index (Phi) is 6.29. The minimum absolute atomic E-state index is 0.355. The van der Waals surface area contributed by atoms with Gasteiger partial charge in [-0.2, -0.15) is 12.7 Å². The molecular weight excluding hydrogens is 370 g/mol. The highest BCUT2D eigenvalue weighted by atomic mass is 32.2. The number of benzene rings is 2. The molecular formula is C18H23N3O5S. The predicted molar refractivity (Wildman–Crippen MR) is 105 cm³/mol. The lowest BCUT2D eigenvalue weighted by Crippen LogP contribution is -2.37. The molecule has 0 aliphatic rings. The van der Waals surface area contributed by atoms with Crippen LogP contribution in [0.4, 0.5) is 11.4 Å². The fraction of sp³-hybridized carbons (Fsp3) is 0.278. The maximum atomic E-state index is 12.5. The van der Waals surface area contributed by atoms with Crippen molar-refractivity contribution < 1.29 is 22.7 Å². The number of anilines is 2. The van der Waals surface area contributed by atoms with Crippen LogP contribution in [0.25, 0.3) is 0 Å². The summed E-state index contributed by atoms with van der Waals surface area (Å²) in [5.74, 6) is 0.723. The second-order valence-corrected chi connectivity index (χ2v) is 8.00. The molecule has 0 atom stereocenters. The summed E-state index contributed by atoms with van der Waals surface area (Å²) < 4.78 is 37.0. The summed E-state index contributed by atoms with van der Waals surface area (Å²) in [6.07, 6.45) is 0. The van der Waals surface area contributed by atoms with Gasteiger partial charge in [-0.15, -0.1) is 0 Å². The Bertz CT molecular complexity index is 911. The molecule has 1 N–H and O–H groups in total. The van der Waals surface area contributed by atoms with Crippen molar-refractivity contribution >= 4 is 27.5 Å². The number of rotatable bonds is 7. The highest BCUT2D eigenvalue weighted by Crippen LogP contribution is 2.29. The van der Waals surface area contributed by atoms with Gasteiger partial charge in [0.05, 0.1) is 25.6 Å². The zero-order valence-electron chi connectivity index (χ0n) is 15.9. The van der Waals surface area contributed by atoms with Crippen LogP contribution in [0, 0.1) is 0 Å². The first-order chi connectivity index (χ1) is 12.7. The van der Waals surface area contributed by atoms with E-state index >= 15 is 0 Å². The summed E-state index contributed by atoms with van der Waals surface area (Å²) in [6, 6.07) is 11.3. The van der Waals surface area contributed by atoms with Crippen LogP contribution in [-0.4, -0.2) is 54.0 Å². The van der Waals surface area contributed by atoms with Gasteiger partial charge in [0.25, 0.3) is 5.91 Å². The fourth-order valence-electron chi connectivity index (χ4n) is 2.31. The second-order valence-electron chi connectivity index (χ2n) is 5.82. The minimum Gasteiger partial charge on any atom is -0.497 e. The number of carbonyl (C=O) groups excluding carboxylic acids is 1. The highest BCUT2D eigenvalue weighted by Gasteiger charge is 2.21. The standard InChI is InChI=1S/C18H23N3O5S/c1-20(2)27(23,24)21(3)14-8-6-13(7-9-14)18(22)19-16-12-15(25-4)10-11-17(16)26-5/h6-12H,1-5H3,(H,19,22). The topological polar surface area (TPSA) is 88.2 Å². The number of hydrogen-bond acceptors (Lipinski definition) is 5. The minimum atomic E-state index is -3.59. The first-order valence-electron chi connectivity index (χ1n) is 8.00. The average molecular weight is 393 g/mol.